The third-order valence-electron chi connectivity index (χ3n) is 3.65. The molecule has 1 N–H and O–H groups in total. The lowest BCUT2D eigenvalue weighted by Crippen LogP contribution is -2.40. The predicted molar refractivity (Wildman–Crippen MR) is 91.2 cm³/mol. The van der Waals surface area contributed by atoms with Gasteiger partial charge in [0.25, 0.3) is 17.7 Å². The van der Waals surface area contributed by atoms with Crippen LogP contribution in [0.15, 0.2) is 48.5 Å². The first-order valence-corrected chi connectivity index (χ1v) is 7.68. The zero-order chi connectivity index (χ0) is 17.5. The molecule has 1 aliphatic heterocycles. The number of benzene rings is 2. The summed E-state index contributed by atoms with van der Waals surface area (Å²) in [7, 11) is 0. The topological polar surface area (TPSA) is 66.5 Å². The Morgan fingerprint density at radius 1 is 0.917 bits per heavy atom. The van der Waals surface area contributed by atoms with Crippen molar-refractivity contribution in [2.45, 2.75) is 26.3 Å². The molecule has 0 fully saturated rings. The number of anilines is 1. The molecule has 0 spiro atoms. The van der Waals surface area contributed by atoms with Gasteiger partial charge in [0, 0.05) is 11.1 Å². The molecule has 0 aromatic heterocycles. The third-order valence-corrected chi connectivity index (χ3v) is 3.65. The molecule has 0 unspecified atom stereocenters. The lowest BCUT2D eigenvalue weighted by Gasteiger charge is -2.21. The molecule has 0 saturated carbocycles. The highest BCUT2D eigenvalue weighted by Crippen LogP contribution is 2.28. The maximum absolute atomic E-state index is 12.5. The van der Waals surface area contributed by atoms with Crippen molar-refractivity contribution in [3.63, 3.8) is 0 Å². The fourth-order valence-electron chi connectivity index (χ4n) is 2.62. The van der Waals surface area contributed by atoms with Gasteiger partial charge in [0.1, 0.15) is 0 Å². The number of nitrogens with zero attached hydrogens (tertiary/aromatic N) is 1. The first-order chi connectivity index (χ1) is 11.3. The van der Waals surface area contributed by atoms with Crippen molar-refractivity contribution in [1.82, 2.24) is 5.32 Å². The molecule has 3 amide bonds. The Morgan fingerprint density at radius 2 is 1.50 bits per heavy atom. The summed E-state index contributed by atoms with van der Waals surface area (Å²) >= 11 is 0. The lowest BCUT2D eigenvalue weighted by atomic mass is 10.1. The highest BCUT2D eigenvalue weighted by atomic mass is 16.2. The molecule has 0 saturated heterocycles. The summed E-state index contributed by atoms with van der Waals surface area (Å²) in [6.45, 7) is 5.66. The van der Waals surface area contributed by atoms with Gasteiger partial charge < -0.3 is 5.32 Å². The molecule has 5 heteroatoms. The normalized spacial score (nSPS) is 13.9. The fourth-order valence-corrected chi connectivity index (χ4v) is 2.62. The predicted octanol–water partition coefficient (Wildman–Crippen LogP) is 3.02. The summed E-state index contributed by atoms with van der Waals surface area (Å²) in [5.41, 5.74) is 1.18. The third kappa shape index (κ3) is 2.80. The average molecular weight is 322 g/mol. The van der Waals surface area contributed by atoms with E-state index in [2.05, 4.69) is 5.32 Å². The Hall–Kier alpha value is -2.95. The number of hydrogen-bond donors (Lipinski definition) is 1. The number of fused-ring (bicyclic) bond motifs is 1. The largest absolute Gasteiger partial charge is 0.347 e. The van der Waals surface area contributed by atoms with Crippen LogP contribution >= 0.6 is 0 Å². The number of amides is 3. The second-order valence-electron chi connectivity index (χ2n) is 6.75. The van der Waals surface area contributed by atoms with Crippen LogP contribution in [0.4, 0.5) is 5.69 Å². The summed E-state index contributed by atoms with van der Waals surface area (Å²) < 4.78 is 0. The summed E-state index contributed by atoms with van der Waals surface area (Å²) in [6, 6.07) is 13.2. The molecule has 0 radical (unpaired) electrons. The number of hydrogen-bond acceptors (Lipinski definition) is 3. The van der Waals surface area contributed by atoms with Gasteiger partial charge in [0.05, 0.1) is 16.8 Å². The Kier molecular flexibility index (Phi) is 3.72. The summed E-state index contributed by atoms with van der Waals surface area (Å²) in [5, 5.41) is 2.87. The van der Waals surface area contributed by atoms with Gasteiger partial charge in [-0.25, -0.2) is 4.90 Å². The lowest BCUT2D eigenvalue weighted by molar-refractivity contribution is 0.0906. The number of rotatable bonds is 2. The first-order valence-electron chi connectivity index (χ1n) is 7.68. The van der Waals surface area contributed by atoms with Crippen LogP contribution in [-0.2, 0) is 0 Å². The van der Waals surface area contributed by atoms with E-state index in [9.17, 15) is 14.4 Å². The van der Waals surface area contributed by atoms with Crippen molar-refractivity contribution in [2.75, 3.05) is 4.90 Å². The Balaban J connectivity index is 1.95. The van der Waals surface area contributed by atoms with Gasteiger partial charge in [-0.2, -0.15) is 0 Å². The summed E-state index contributed by atoms with van der Waals surface area (Å²) in [5.74, 6) is -0.992. The summed E-state index contributed by atoms with van der Waals surface area (Å²) in [4.78, 5) is 38.5. The average Bonchev–Trinajstić information content (AvgIpc) is 2.78. The quantitative estimate of drug-likeness (QED) is 0.864. The van der Waals surface area contributed by atoms with Gasteiger partial charge in [-0.3, -0.25) is 14.4 Å². The zero-order valence-corrected chi connectivity index (χ0v) is 13.8. The summed E-state index contributed by atoms with van der Waals surface area (Å²) in [6.07, 6.45) is 0. The molecule has 5 nitrogen and oxygen atoms in total. The number of carbonyl (C=O) groups is 3. The molecule has 3 rings (SSSR count). The molecular weight excluding hydrogens is 304 g/mol. The molecule has 0 bridgehead atoms. The van der Waals surface area contributed by atoms with E-state index in [4.69, 9.17) is 0 Å². The molecule has 122 valence electrons. The fraction of sp³-hybridized carbons (Fsp3) is 0.211. The molecule has 1 heterocycles. The van der Waals surface area contributed by atoms with Crippen LogP contribution < -0.4 is 10.2 Å². The Morgan fingerprint density at radius 3 is 2.04 bits per heavy atom. The smallest absolute Gasteiger partial charge is 0.266 e. The van der Waals surface area contributed by atoms with Crippen LogP contribution in [-0.4, -0.2) is 23.3 Å². The van der Waals surface area contributed by atoms with Crippen LogP contribution in [0.3, 0.4) is 0 Å². The maximum atomic E-state index is 12.5. The van der Waals surface area contributed by atoms with E-state index in [1.54, 1.807) is 48.5 Å². The minimum Gasteiger partial charge on any atom is -0.347 e. The van der Waals surface area contributed by atoms with Gasteiger partial charge in [-0.15, -0.1) is 0 Å². The number of carbonyl (C=O) groups excluding carboxylic acids is 3. The molecule has 0 aliphatic carbocycles. The Labute approximate surface area is 140 Å². The van der Waals surface area contributed by atoms with E-state index in [1.165, 1.54) is 0 Å². The van der Waals surface area contributed by atoms with Crippen molar-refractivity contribution in [2.24, 2.45) is 0 Å². The molecule has 1 aliphatic rings. The van der Waals surface area contributed by atoms with Crippen LogP contribution in [0.1, 0.15) is 51.8 Å². The van der Waals surface area contributed by atoms with Crippen LogP contribution in [0.5, 0.6) is 0 Å². The van der Waals surface area contributed by atoms with Gasteiger partial charge >= 0.3 is 0 Å². The SMILES string of the molecule is CC(C)(C)NC(=O)c1cccc(N2C(=O)c3ccccc3C2=O)c1. The Bertz CT molecular complexity index is 815. The molecule has 24 heavy (non-hydrogen) atoms. The van der Waals surface area contributed by atoms with E-state index >= 15 is 0 Å². The highest BCUT2D eigenvalue weighted by molar-refractivity contribution is 6.34. The number of nitrogens with one attached hydrogen (secondary N) is 1. The number of imide groups is 1. The van der Waals surface area contributed by atoms with E-state index in [1.807, 2.05) is 20.8 Å². The second-order valence-corrected chi connectivity index (χ2v) is 6.75. The van der Waals surface area contributed by atoms with Crippen LogP contribution in [0, 0.1) is 0 Å². The molecular formula is C19H18N2O3. The molecule has 0 atom stereocenters. The van der Waals surface area contributed by atoms with Gasteiger partial charge in [-0.1, -0.05) is 18.2 Å². The minimum atomic E-state index is -0.372. The first kappa shape index (κ1) is 15.9. The maximum Gasteiger partial charge on any atom is 0.266 e. The van der Waals surface area contributed by atoms with Crippen molar-refractivity contribution < 1.29 is 14.4 Å². The van der Waals surface area contributed by atoms with E-state index in [-0.39, 0.29) is 23.3 Å². The van der Waals surface area contributed by atoms with Crippen molar-refractivity contribution >= 4 is 23.4 Å². The van der Waals surface area contributed by atoms with Crippen molar-refractivity contribution in [3.05, 3.63) is 65.2 Å². The van der Waals surface area contributed by atoms with Gasteiger partial charge in [-0.05, 0) is 51.1 Å². The zero-order valence-electron chi connectivity index (χ0n) is 13.8. The second kappa shape index (κ2) is 5.60. The van der Waals surface area contributed by atoms with Crippen molar-refractivity contribution in [3.8, 4) is 0 Å². The molecule has 2 aromatic rings. The standard InChI is InChI=1S/C19H18N2O3/c1-19(2,3)20-16(22)12-7-6-8-13(11-12)21-17(23)14-9-4-5-10-15(14)18(21)24/h4-11H,1-3H3,(H,20,22). The monoisotopic (exact) mass is 322 g/mol. The highest BCUT2D eigenvalue weighted by Gasteiger charge is 2.36. The van der Waals surface area contributed by atoms with Crippen LogP contribution in [0.2, 0.25) is 0 Å². The van der Waals surface area contributed by atoms with Gasteiger partial charge in [0.15, 0.2) is 0 Å². The van der Waals surface area contributed by atoms with Gasteiger partial charge in [0.2, 0.25) is 0 Å². The van der Waals surface area contributed by atoms with E-state index < -0.39 is 0 Å². The van der Waals surface area contributed by atoms with E-state index in [0.717, 1.165) is 4.90 Å². The van der Waals surface area contributed by atoms with Crippen LogP contribution in [0.25, 0.3) is 0 Å². The molecule has 2 aromatic carbocycles. The minimum absolute atomic E-state index is 0.249. The van der Waals surface area contributed by atoms with Crippen molar-refractivity contribution in [1.29, 1.82) is 0 Å². The van der Waals surface area contributed by atoms with E-state index in [0.29, 0.717) is 22.4 Å².